The number of hydroxylamine groups is 1. The monoisotopic (exact) mass is 324 g/mol. The largest absolute Gasteiger partial charge is 0.236 e. The van der Waals surface area contributed by atoms with E-state index in [-0.39, 0.29) is 6.23 Å². The topological polar surface area (TPSA) is 24.8 Å². The number of anilines is 1. The van der Waals surface area contributed by atoms with E-state index in [2.05, 4.69) is 59.6 Å². The molecule has 0 bridgehead atoms. The summed E-state index contributed by atoms with van der Waals surface area (Å²) in [7, 11) is 0. The van der Waals surface area contributed by atoms with Crippen molar-refractivity contribution in [2.45, 2.75) is 6.23 Å². The molecule has 4 aromatic rings. The lowest BCUT2D eigenvalue weighted by atomic mass is 10.0. The first-order valence-corrected chi connectivity index (χ1v) is 8.35. The summed E-state index contributed by atoms with van der Waals surface area (Å²) in [6, 6.07) is 29.1. The van der Waals surface area contributed by atoms with Crippen LogP contribution in [0.25, 0.3) is 21.5 Å². The predicted molar refractivity (Wildman–Crippen MR) is 103 cm³/mol. The minimum absolute atomic E-state index is 0.329. The highest BCUT2D eigenvalue weighted by Crippen LogP contribution is 2.34. The molecule has 0 aromatic heterocycles. The van der Waals surface area contributed by atoms with E-state index >= 15 is 0 Å². The van der Waals surface area contributed by atoms with Crippen LogP contribution in [0.4, 0.5) is 5.69 Å². The van der Waals surface area contributed by atoms with Gasteiger partial charge < -0.3 is 0 Å². The third-order valence-electron chi connectivity index (χ3n) is 4.61. The molecule has 4 aromatic carbocycles. The summed E-state index contributed by atoms with van der Waals surface area (Å²) in [5.41, 5.74) is 2.08. The summed E-state index contributed by atoms with van der Waals surface area (Å²) in [6.45, 7) is 0. The summed E-state index contributed by atoms with van der Waals surface area (Å²) in [5.74, 6) is 0. The average Bonchev–Trinajstić information content (AvgIpc) is 3.17. The Balaban J connectivity index is 1.53. The van der Waals surface area contributed by atoms with Crippen LogP contribution in [0.2, 0.25) is 0 Å². The molecule has 0 amide bonds. The molecule has 0 saturated carbocycles. The molecule has 1 heterocycles. The first kappa shape index (κ1) is 14.2. The average molecular weight is 324 g/mol. The van der Waals surface area contributed by atoms with Gasteiger partial charge >= 0.3 is 0 Å². The molecule has 0 fully saturated rings. The fourth-order valence-electron chi connectivity index (χ4n) is 3.41. The number of rotatable bonds is 2. The SMILES string of the molecule is C1=NC(c2cccc3ccccc23)ON1c1cccc2ccccc12. The molecule has 1 atom stereocenters. The van der Waals surface area contributed by atoms with Gasteiger partial charge in [-0.25, -0.2) is 14.9 Å². The molecule has 5 rings (SSSR count). The maximum absolute atomic E-state index is 6.16. The van der Waals surface area contributed by atoms with Crippen molar-refractivity contribution in [3.05, 3.63) is 90.5 Å². The van der Waals surface area contributed by atoms with Gasteiger partial charge in [0, 0.05) is 10.9 Å². The lowest BCUT2D eigenvalue weighted by molar-refractivity contribution is 0.0890. The maximum atomic E-state index is 6.16. The Bertz CT molecular complexity index is 1010. The summed E-state index contributed by atoms with van der Waals surface area (Å²) in [4.78, 5) is 10.8. The van der Waals surface area contributed by atoms with Crippen molar-refractivity contribution in [1.29, 1.82) is 0 Å². The Morgan fingerprint density at radius 3 is 2.16 bits per heavy atom. The highest BCUT2D eigenvalue weighted by atomic mass is 16.7. The van der Waals surface area contributed by atoms with Gasteiger partial charge in [0.1, 0.15) is 6.34 Å². The molecule has 1 unspecified atom stereocenters. The molecule has 1 aliphatic heterocycles. The summed E-state index contributed by atoms with van der Waals surface area (Å²) >= 11 is 0. The van der Waals surface area contributed by atoms with Crippen molar-refractivity contribution < 1.29 is 4.84 Å². The fraction of sp³-hybridized carbons (Fsp3) is 0.0455. The van der Waals surface area contributed by atoms with Crippen LogP contribution in [0.1, 0.15) is 11.8 Å². The Labute approximate surface area is 145 Å². The third-order valence-corrected chi connectivity index (χ3v) is 4.61. The van der Waals surface area contributed by atoms with Gasteiger partial charge in [-0.2, -0.15) is 0 Å². The van der Waals surface area contributed by atoms with E-state index in [0.29, 0.717) is 0 Å². The standard InChI is InChI=1S/C22H16N2O/c1-3-11-18-16(7-1)9-5-13-20(18)22-23-15-24(25-22)21-14-6-10-17-8-2-4-12-19(17)21/h1-15,22H. The van der Waals surface area contributed by atoms with Crippen molar-refractivity contribution in [3.8, 4) is 0 Å². The molecule has 0 radical (unpaired) electrons. The second-order valence-corrected chi connectivity index (χ2v) is 6.11. The zero-order valence-electron chi connectivity index (χ0n) is 13.5. The minimum atomic E-state index is -0.329. The molecule has 0 spiro atoms. The van der Waals surface area contributed by atoms with E-state index in [9.17, 15) is 0 Å². The summed E-state index contributed by atoms with van der Waals surface area (Å²) < 4.78 is 0. The van der Waals surface area contributed by atoms with Crippen LogP contribution in [-0.2, 0) is 4.84 Å². The van der Waals surface area contributed by atoms with Crippen molar-refractivity contribution in [2.24, 2.45) is 4.99 Å². The molecule has 0 N–H and O–H groups in total. The van der Waals surface area contributed by atoms with Crippen LogP contribution >= 0.6 is 0 Å². The van der Waals surface area contributed by atoms with E-state index in [1.807, 2.05) is 30.3 Å². The molecular weight excluding hydrogens is 308 g/mol. The number of hydrogen-bond donors (Lipinski definition) is 0. The van der Waals surface area contributed by atoms with E-state index in [0.717, 1.165) is 16.6 Å². The van der Waals surface area contributed by atoms with Crippen molar-refractivity contribution in [3.63, 3.8) is 0 Å². The van der Waals surface area contributed by atoms with Crippen LogP contribution in [0.5, 0.6) is 0 Å². The molecule has 3 heteroatoms. The molecule has 25 heavy (non-hydrogen) atoms. The van der Waals surface area contributed by atoms with Gasteiger partial charge in [0.05, 0.1) is 5.69 Å². The Morgan fingerprint density at radius 2 is 1.32 bits per heavy atom. The van der Waals surface area contributed by atoms with E-state index < -0.39 is 0 Å². The first-order valence-electron chi connectivity index (χ1n) is 8.35. The van der Waals surface area contributed by atoms with Gasteiger partial charge in [-0.05, 0) is 22.2 Å². The Morgan fingerprint density at radius 1 is 0.680 bits per heavy atom. The second kappa shape index (κ2) is 5.72. The molecule has 0 saturated heterocycles. The Kier molecular flexibility index (Phi) is 3.25. The normalized spacial score (nSPS) is 16.8. The number of aliphatic imine (C=N–C) groups is 1. The van der Waals surface area contributed by atoms with E-state index in [4.69, 9.17) is 4.84 Å². The highest BCUT2D eigenvalue weighted by molar-refractivity contribution is 5.98. The quantitative estimate of drug-likeness (QED) is 0.488. The fourth-order valence-corrected chi connectivity index (χ4v) is 3.41. The number of nitrogens with zero attached hydrogens (tertiary/aromatic N) is 2. The predicted octanol–water partition coefficient (Wildman–Crippen LogP) is 5.47. The smallest absolute Gasteiger partial charge is 0.203 e. The van der Waals surface area contributed by atoms with E-state index in [1.165, 1.54) is 16.2 Å². The molecule has 0 aliphatic carbocycles. The minimum Gasteiger partial charge on any atom is -0.236 e. The number of benzene rings is 4. The zero-order valence-corrected chi connectivity index (χ0v) is 13.5. The van der Waals surface area contributed by atoms with Gasteiger partial charge in [-0.1, -0.05) is 78.9 Å². The number of hydrogen-bond acceptors (Lipinski definition) is 3. The van der Waals surface area contributed by atoms with Crippen molar-refractivity contribution in [2.75, 3.05) is 5.06 Å². The number of fused-ring (bicyclic) bond motifs is 2. The molecular formula is C22H16N2O. The highest BCUT2D eigenvalue weighted by Gasteiger charge is 2.23. The van der Waals surface area contributed by atoms with Gasteiger partial charge in [0.2, 0.25) is 6.23 Å². The van der Waals surface area contributed by atoms with Crippen LogP contribution in [0.15, 0.2) is 89.9 Å². The lowest BCUT2D eigenvalue weighted by Crippen LogP contribution is -2.17. The van der Waals surface area contributed by atoms with Gasteiger partial charge in [0.15, 0.2) is 0 Å². The molecule has 1 aliphatic rings. The lowest BCUT2D eigenvalue weighted by Gasteiger charge is -2.19. The van der Waals surface area contributed by atoms with E-state index in [1.54, 1.807) is 11.4 Å². The van der Waals surface area contributed by atoms with Crippen LogP contribution in [0.3, 0.4) is 0 Å². The third kappa shape index (κ3) is 2.37. The van der Waals surface area contributed by atoms with Crippen LogP contribution in [0, 0.1) is 0 Å². The molecule has 3 nitrogen and oxygen atoms in total. The van der Waals surface area contributed by atoms with Crippen molar-refractivity contribution in [1.82, 2.24) is 0 Å². The van der Waals surface area contributed by atoms with Gasteiger partial charge in [0.25, 0.3) is 0 Å². The maximum Gasteiger partial charge on any atom is 0.203 e. The summed E-state index contributed by atoms with van der Waals surface area (Å²) in [6.07, 6.45) is 1.44. The second-order valence-electron chi connectivity index (χ2n) is 6.11. The van der Waals surface area contributed by atoms with Gasteiger partial charge in [-0.15, -0.1) is 0 Å². The molecule has 120 valence electrons. The first-order chi connectivity index (χ1) is 12.4. The Hall–Kier alpha value is -3.17. The van der Waals surface area contributed by atoms with Crippen molar-refractivity contribution >= 4 is 33.6 Å². The van der Waals surface area contributed by atoms with Crippen LogP contribution < -0.4 is 5.06 Å². The zero-order chi connectivity index (χ0) is 16.6. The van der Waals surface area contributed by atoms with Gasteiger partial charge in [-0.3, -0.25) is 0 Å². The van der Waals surface area contributed by atoms with Crippen LogP contribution in [-0.4, -0.2) is 6.34 Å². The summed E-state index contributed by atoms with van der Waals surface area (Å²) in [5, 5.41) is 6.48.